The smallest absolute Gasteiger partial charge is 0.257 e. The average molecular weight is 293 g/mol. The number of nitrogens with one attached hydrogen (secondary N) is 1. The van der Waals surface area contributed by atoms with Gasteiger partial charge >= 0.3 is 5.56 Å². The SMILES string of the molecule is Cc1ccc(-n2[nH][n+]3c(c2=O)C(C)Cc2ccccc2-3)cn1. The molecule has 0 radical (unpaired) electrons. The number of aromatic nitrogens is 4. The number of aromatic amines is 1. The van der Waals surface area contributed by atoms with Crippen LogP contribution in [0.4, 0.5) is 0 Å². The Morgan fingerprint density at radius 3 is 2.86 bits per heavy atom. The van der Waals surface area contributed by atoms with Gasteiger partial charge in [0, 0.05) is 17.2 Å². The standard InChI is InChI=1S/C17H16N4O/c1-11-9-13-5-3-4-6-15(13)21-16(11)17(22)20(19-21)14-8-7-12(2)18-10-14/h3-8,10-11H,9H2,1-2H3/p+1. The van der Waals surface area contributed by atoms with Crippen LogP contribution in [-0.4, -0.2) is 14.9 Å². The number of hydrogen-bond acceptors (Lipinski definition) is 2. The Bertz CT molecular complexity index is 905. The highest BCUT2D eigenvalue weighted by Gasteiger charge is 2.34. The molecule has 110 valence electrons. The highest BCUT2D eigenvalue weighted by molar-refractivity contribution is 5.37. The predicted molar refractivity (Wildman–Crippen MR) is 82.6 cm³/mol. The van der Waals surface area contributed by atoms with E-state index in [1.165, 1.54) is 5.56 Å². The molecule has 0 aliphatic carbocycles. The first-order valence-corrected chi connectivity index (χ1v) is 7.43. The summed E-state index contributed by atoms with van der Waals surface area (Å²) in [5.41, 5.74) is 4.77. The van der Waals surface area contributed by atoms with Crippen LogP contribution in [0.15, 0.2) is 47.4 Å². The Morgan fingerprint density at radius 1 is 1.27 bits per heavy atom. The third-order valence-electron chi connectivity index (χ3n) is 4.24. The fourth-order valence-electron chi connectivity index (χ4n) is 3.12. The van der Waals surface area contributed by atoms with Gasteiger partial charge in [-0.3, -0.25) is 4.98 Å². The summed E-state index contributed by atoms with van der Waals surface area (Å²) in [7, 11) is 0. The lowest BCUT2D eigenvalue weighted by molar-refractivity contribution is -0.672. The predicted octanol–water partition coefficient (Wildman–Crippen LogP) is 1.81. The molecule has 0 bridgehead atoms. The summed E-state index contributed by atoms with van der Waals surface area (Å²) in [4.78, 5) is 17.1. The van der Waals surface area contributed by atoms with Crippen LogP contribution in [0.5, 0.6) is 0 Å². The van der Waals surface area contributed by atoms with Crippen LogP contribution < -0.4 is 10.2 Å². The quantitative estimate of drug-likeness (QED) is 0.696. The first-order valence-electron chi connectivity index (χ1n) is 7.43. The van der Waals surface area contributed by atoms with Crippen LogP contribution in [0.3, 0.4) is 0 Å². The maximum absolute atomic E-state index is 12.8. The van der Waals surface area contributed by atoms with Gasteiger partial charge in [0.1, 0.15) is 0 Å². The summed E-state index contributed by atoms with van der Waals surface area (Å²) in [5, 5.41) is 3.21. The average Bonchev–Trinajstić information content (AvgIpc) is 2.87. The van der Waals surface area contributed by atoms with Crippen molar-refractivity contribution in [1.82, 2.24) is 14.9 Å². The molecule has 0 spiro atoms. The molecule has 3 aromatic rings. The molecule has 1 atom stereocenters. The van der Waals surface area contributed by atoms with Crippen LogP contribution in [0.1, 0.15) is 29.8 Å². The molecular formula is C17H17N4O+. The van der Waals surface area contributed by atoms with Gasteiger partial charge in [0.05, 0.1) is 6.20 Å². The fourth-order valence-corrected chi connectivity index (χ4v) is 3.12. The van der Waals surface area contributed by atoms with E-state index >= 15 is 0 Å². The molecule has 5 nitrogen and oxygen atoms in total. The van der Waals surface area contributed by atoms with E-state index in [0.29, 0.717) is 0 Å². The highest BCUT2D eigenvalue weighted by Crippen LogP contribution is 2.24. The number of H-pyrrole nitrogens is 1. The summed E-state index contributed by atoms with van der Waals surface area (Å²) < 4.78 is 3.48. The van der Waals surface area contributed by atoms with Crippen molar-refractivity contribution < 1.29 is 4.68 Å². The van der Waals surface area contributed by atoms with E-state index in [0.717, 1.165) is 29.2 Å². The minimum absolute atomic E-state index is 0.00680. The van der Waals surface area contributed by atoms with Crippen molar-refractivity contribution in [3.63, 3.8) is 0 Å². The van der Waals surface area contributed by atoms with Crippen LogP contribution in [0, 0.1) is 6.92 Å². The minimum atomic E-state index is -0.00680. The number of rotatable bonds is 1. The van der Waals surface area contributed by atoms with Crippen molar-refractivity contribution in [2.45, 2.75) is 26.2 Å². The van der Waals surface area contributed by atoms with Gasteiger partial charge < -0.3 is 0 Å². The molecule has 1 aliphatic rings. The minimum Gasteiger partial charge on any atom is -0.257 e. The summed E-state index contributed by atoms with van der Waals surface area (Å²) in [6, 6.07) is 12.0. The van der Waals surface area contributed by atoms with Crippen molar-refractivity contribution >= 4 is 0 Å². The van der Waals surface area contributed by atoms with Crippen LogP contribution in [0.2, 0.25) is 0 Å². The van der Waals surface area contributed by atoms with Gasteiger partial charge in [-0.2, -0.15) is 0 Å². The van der Waals surface area contributed by atoms with E-state index in [1.54, 1.807) is 10.9 Å². The molecule has 1 unspecified atom stereocenters. The molecule has 1 N–H and O–H groups in total. The lowest BCUT2D eigenvalue weighted by Crippen LogP contribution is -2.44. The van der Waals surface area contributed by atoms with Gasteiger partial charge in [-0.25, -0.2) is 4.79 Å². The van der Waals surface area contributed by atoms with Crippen molar-refractivity contribution in [1.29, 1.82) is 0 Å². The lowest BCUT2D eigenvalue weighted by Gasteiger charge is -2.16. The van der Waals surface area contributed by atoms with E-state index in [1.807, 2.05) is 41.9 Å². The Balaban J connectivity index is 1.96. The van der Waals surface area contributed by atoms with E-state index in [4.69, 9.17) is 0 Å². The molecule has 0 saturated heterocycles. The largest absolute Gasteiger partial charge is 0.402 e. The first-order chi connectivity index (χ1) is 10.6. The molecule has 0 fully saturated rings. The summed E-state index contributed by atoms with van der Waals surface area (Å²) in [6.07, 6.45) is 2.60. The van der Waals surface area contributed by atoms with Crippen LogP contribution in [0.25, 0.3) is 11.4 Å². The normalized spacial score (nSPS) is 16.2. The van der Waals surface area contributed by atoms with Gasteiger partial charge in [0.25, 0.3) is 0 Å². The Labute approximate surface area is 127 Å². The number of fused-ring (bicyclic) bond motifs is 3. The van der Waals surface area contributed by atoms with Crippen molar-refractivity contribution in [2.24, 2.45) is 0 Å². The second kappa shape index (κ2) is 4.66. The van der Waals surface area contributed by atoms with Crippen LogP contribution in [-0.2, 0) is 6.42 Å². The first kappa shape index (κ1) is 13.0. The third kappa shape index (κ3) is 1.82. The fraction of sp³-hybridized carbons (Fsp3) is 0.235. The van der Waals surface area contributed by atoms with Gasteiger partial charge in [-0.05, 0) is 31.5 Å². The monoisotopic (exact) mass is 293 g/mol. The molecule has 0 amide bonds. The second-order valence-electron chi connectivity index (χ2n) is 5.85. The zero-order valence-electron chi connectivity index (χ0n) is 12.6. The number of aryl methyl sites for hydroxylation is 1. The topological polar surface area (TPSA) is 54.6 Å². The Kier molecular flexibility index (Phi) is 2.76. The molecule has 1 aromatic carbocycles. The van der Waals surface area contributed by atoms with Crippen molar-refractivity contribution in [3.05, 3.63) is 69.9 Å². The van der Waals surface area contributed by atoms with Gasteiger partial charge in [0.15, 0.2) is 11.4 Å². The number of benzene rings is 1. The molecule has 4 rings (SSSR count). The van der Waals surface area contributed by atoms with Crippen molar-refractivity contribution in [3.8, 4) is 11.4 Å². The summed E-state index contributed by atoms with van der Waals surface area (Å²) >= 11 is 0. The Hall–Kier alpha value is -2.69. The number of para-hydroxylation sites is 1. The zero-order valence-corrected chi connectivity index (χ0v) is 12.6. The molecule has 5 heteroatoms. The molecule has 3 heterocycles. The molecule has 2 aromatic heterocycles. The van der Waals surface area contributed by atoms with Crippen LogP contribution >= 0.6 is 0 Å². The van der Waals surface area contributed by atoms with E-state index in [2.05, 4.69) is 23.2 Å². The summed E-state index contributed by atoms with van der Waals surface area (Å²) in [5.74, 6) is 0.179. The van der Waals surface area contributed by atoms with Gasteiger partial charge in [-0.15, -0.1) is 4.68 Å². The molecular weight excluding hydrogens is 276 g/mol. The van der Waals surface area contributed by atoms with E-state index in [-0.39, 0.29) is 11.5 Å². The lowest BCUT2D eigenvalue weighted by atomic mass is 9.93. The summed E-state index contributed by atoms with van der Waals surface area (Å²) in [6.45, 7) is 4.02. The van der Waals surface area contributed by atoms with Crippen molar-refractivity contribution in [2.75, 3.05) is 0 Å². The Morgan fingerprint density at radius 2 is 2.09 bits per heavy atom. The number of nitrogens with zero attached hydrogens (tertiary/aromatic N) is 3. The highest BCUT2D eigenvalue weighted by atomic mass is 16.1. The van der Waals surface area contributed by atoms with E-state index < -0.39 is 0 Å². The second-order valence-corrected chi connectivity index (χ2v) is 5.85. The number of pyridine rings is 1. The zero-order chi connectivity index (χ0) is 15.3. The maximum atomic E-state index is 12.8. The maximum Gasteiger partial charge on any atom is 0.402 e. The third-order valence-corrected chi connectivity index (χ3v) is 4.24. The van der Waals surface area contributed by atoms with Gasteiger partial charge in [0.2, 0.25) is 5.69 Å². The van der Waals surface area contributed by atoms with E-state index in [9.17, 15) is 4.79 Å². The molecule has 22 heavy (non-hydrogen) atoms. The molecule has 0 saturated carbocycles. The molecule has 1 aliphatic heterocycles. The number of hydrogen-bond donors (Lipinski definition) is 1. The van der Waals surface area contributed by atoms with Gasteiger partial charge in [-0.1, -0.05) is 35.0 Å².